The Labute approximate surface area is 107 Å². The summed E-state index contributed by atoms with van der Waals surface area (Å²) in [6.45, 7) is 1.91. The number of rotatable bonds is 2. The van der Waals surface area contributed by atoms with Gasteiger partial charge in [-0.15, -0.1) is 0 Å². The first-order valence-corrected chi connectivity index (χ1v) is 6.18. The second-order valence-electron chi connectivity index (χ2n) is 4.45. The average molecular weight is 240 g/mol. The van der Waals surface area contributed by atoms with Gasteiger partial charge in [0.15, 0.2) is 0 Å². The molecule has 0 bridgehead atoms. The van der Waals surface area contributed by atoms with Crippen LogP contribution in [0.2, 0.25) is 0 Å². The molecule has 3 rings (SSSR count). The van der Waals surface area contributed by atoms with Gasteiger partial charge in [-0.1, -0.05) is 24.3 Å². The second-order valence-corrected chi connectivity index (χ2v) is 4.45. The van der Waals surface area contributed by atoms with Crippen LogP contribution in [0.25, 0.3) is 0 Å². The van der Waals surface area contributed by atoms with Crippen molar-refractivity contribution in [1.82, 2.24) is 9.97 Å². The Kier molecular flexibility index (Phi) is 2.84. The first-order valence-electron chi connectivity index (χ1n) is 6.18. The molecule has 4 heteroatoms. The van der Waals surface area contributed by atoms with Gasteiger partial charge in [0, 0.05) is 20.1 Å². The SMILES string of the molecule is CNc1cncc(N2CCc3ccccc3C2)n1. The first kappa shape index (κ1) is 11.0. The molecule has 1 aromatic carbocycles. The molecule has 1 aliphatic rings. The van der Waals surface area contributed by atoms with E-state index in [4.69, 9.17) is 0 Å². The number of anilines is 2. The molecule has 0 atom stereocenters. The molecule has 0 spiro atoms. The van der Waals surface area contributed by atoms with E-state index < -0.39 is 0 Å². The molecule has 0 saturated carbocycles. The summed E-state index contributed by atoms with van der Waals surface area (Å²) in [5, 5.41) is 3.03. The molecule has 92 valence electrons. The molecule has 0 amide bonds. The fourth-order valence-electron chi connectivity index (χ4n) is 2.32. The third-order valence-electron chi connectivity index (χ3n) is 3.33. The first-order chi connectivity index (χ1) is 8.86. The van der Waals surface area contributed by atoms with Crippen LogP contribution in [0.5, 0.6) is 0 Å². The highest BCUT2D eigenvalue weighted by Gasteiger charge is 2.17. The van der Waals surface area contributed by atoms with Gasteiger partial charge in [0.05, 0.1) is 12.4 Å². The molecule has 0 radical (unpaired) electrons. The largest absolute Gasteiger partial charge is 0.372 e. The Bertz CT molecular complexity index is 553. The molecule has 0 aliphatic carbocycles. The zero-order valence-electron chi connectivity index (χ0n) is 10.4. The van der Waals surface area contributed by atoms with E-state index in [2.05, 4.69) is 44.5 Å². The van der Waals surface area contributed by atoms with Crippen LogP contribution >= 0.6 is 0 Å². The Hall–Kier alpha value is -2.10. The van der Waals surface area contributed by atoms with Crippen molar-refractivity contribution in [2.75, 3.05) is 23.8 Å². The lowest BCUT2D eigenvalue weighted by Gasteiger charge is -2.29. The van der Waals surface area contributed by atoms with Gasteiger partial charge in [-0.3, -0.25) is 4.98 Å². The summed E-state index contributed by atoms with van der Waals surface area (Å²) < 4.78 is 0. The Morgan fingerprint density at radius 3 is 2.83 bits per heavy atom. The van der Waals surface area contributed by atoms with Crippen molar-refractivity contribution in [3.63, 3.8) is 0 Å². The quantitative estimate of drug-likeness (QED) is 0.872. The molecular formula is C14H16N4. The Morgan fingerprint density at radius 1 is 1.17 bits per heavy atom. The van der Waals surface area contributed by atoms with Crippen LogP contribution < -0.4 is 10.2 Å². The minimum absolute atomic E-state index is 0.811. The van der Waals surface area contributed by atoms with Crippen molar-refractivity contribution in [3.05, 3.63) is 47.8 Å². The highest BCUT2D eigenvalue weighted by atomic mass is 15.2. The molecule has 18 heavy (non-hydrogen) atoms. The van der Waals surface area contributed by atoms with Crippen LogP contribution in [0.15, 0.2) is 36.7 Å². The van der Waals surface area contributed by atoms with Gasteiger partial charge in [0.2, 0.25) is 0 Å². The van der Waals surface area contributed by atoms with Crippen molar-refractivity contribution < 1.29 is 0 Å². The molecule has 0 fully saturated rings. The number of benzene rings is 1. The average Bonchev–Trinajstić information content (AvgIpc) is 2.47. The van der Waals surface area contributed by atoms with Gasteiger partial charge >= 0.3 is 0 Å². The van der Waals surface area contributed by atoms with E-state index in [-0.39, 0.29) is 0 Å². The molecule has 1 N–H and O–H groups in total. The normalized spacial score (nSPS) is 14.2. The highest BCUT2D eigenvalue weighted by molar-refractivity contribution is 5.46. The van der Waals surface area contributed by atoms with Gasteiger partial charge in [0.1, 0.15) is 11.6 Å². The molecule has 2 heterocycles. The summed E-state index contributed by atoms with van der Waals surface area (Å²) in [6.07, 6.45) is 4.64. The van der Waals surface area contributed by atoms with Gasteiger partial charge in [-0.05, 0) is 17.5 Å². The lowest BCUT2D eigenvalue weighted by molar-refractivity contribution is 0.719. The summed E-state index contributed by atoms with van der Waals surface area (Å²) in [7, 11) is 1.86. The van der Waals surface area contributed by atoms with Crippen LogP contribution in [0.3, 0.4) is 0 Å². The highest BCUT2D eigenvalue weighted by Crippen LogP contribution is 2.22. The Morgan fingerprint density at radius 2 is 2.00 bits per heavy atom. The standard InChI is InChI=1S/C14H16N4/c1-15-13-8-16-9-14(17-13)18-7-6-11-4-2-3-5-12(11)10-18/h2-5,8-9H,6-7,10H2,1H3,(H,15,17). The minimum Gasteiger partial charge on any atom is -0.372 e. The molecule has 0 unspecified atom stereocenters. The molecule has 2 aromatic rings. The third kappa shape index (κ3) is 2.01. The van der Waals surface area contributed by atoms with E-state index in [1.165, 1.54) is 11.1 Å². The van der Waals surface area contributed by atoms with Crippen molar-refractivity contribution in [2.24, 2.45) is 0 Å². The van der Waals surface area contributed by atoms with Crippen molar-refractivity contribution in [3.8, 4) is 0 Å². The predicted octanol–water partition coefficient (Wildman–Crippen LogP) is 2.08. The molecule has 1 aromatic heterocycles. The van der Waals surface area contributed by atoms with Crippen molar-refractivity contribution in [1.29, 1.82) is 0 Å². The topological polar surface area (TPSA) is 41.1 Å². The maximum atomic E-state index is 4.54. The number of nitrogens with one attached hydrogen (secondary N) is 1. The fourth-order valence-corrected chi connectivity index (χ4v) is 2.32. The lowest BCUT2D eigenvalue weighted by atomic mass is 10.0. The van der Waals surface area contributed by atoms with Crippen LogP contribution in [0.1, 0.15) is 11.1 Å². The van der Waals surface area contributed by atoms with Crippen LogP contribution in [0, 0.1) is 0 Å². The van der Waals surface area contributed by atoms with Gasteiger partial charge in [0.25, 0.3) is 0 Å². The number of aromatic nitrogens is 2. The van der Waals surface area contributed by atoms with Crippen LogP contribution in [-0.4, -0.2) is 23.6 Å². The fraction of sp³-hybridized carbons (Fsp3) is 0.286. The Balaban J connectivity index is 1.87. The summed E-state index contributed by atoms with van der Waals surface area (Å²) in [5.41, 5.74) is 2.84. The monoisotopic (exact) mass is 240 g/mol. The predicted molar refractivity (Wildman–Crippen MR) is 72.8 cm³/mol. The van der Waals surface area contributed by atoms with Crippen molar-refractivity contribution >= 4 is 11.6 Å². The maximum absolute atomic E-state index is 4.54. The summed E-state index contributed by atoms with van der Waals surface area (Å²) >= 11 is 0. The molecule has 4 nitrogen and oxygen atoms in total. The smallest absolute Gasteiger partial charge is 0.149 e. The van der Waals surface area contributed by atoms with E-state index in [0.717, 1.165) is 31.1 Å². The lowest BCUT2D eigenvalue weighted by Crippen LogP contribution is -2.31. The summed E-state index contributed by atoms with van der Waals surface area (Å²) in [6, 6.07) is 8.60. The zero-order chi connectivity index (χ0) is 12.4. The molecular weight excluding hydrogens is 224 g/mol. The van der Waals surface area contributed by atoms with E-state index in [9.17, 15) is 0 Å². The van der Waals surface area contributed by atoms with Gasteiger partial charge in [-0.25, -0.2) is 4.98 Å². The molecule has 1 aliphatic heterocycles. The van der Waals surface area contributed by atoms with Crippen molar-refractivity contribution in [2.45, 2.75) is 13.0 Å². The summed E-state index contributed by atoms with van der Waals surface area (Å²) in [4.78, 5) is 11.0. The number of nitrogens with zero attached hydrogens (tertiary/aromatic N) is 3. The van der Waals surface area contributed by atoms with E-state index >= 15 is 0 Å². The van der Waals surface area contributed by atoms with Crippen LogP contribution in [-0.2, 0) is 13.0 Å². The van der Waals surface area contributed by atoms with Crippen LogP contribution in [0.4, 0.5) is 11.6 Å². The van der Waals surface area contributed by atoms with Gasteiger partial charge in [-0.2, -0.15) is 0 Å². The number of hydrogen-bond donors (Lipinski definition) is 1. The zero-order valence-corrected chi connectivity index (χ0v) is 10.4. The minimum atomic E-state index is 0.811. The van der Waals surface area contributed by atoms with E-state index in [1.807, 2.05) is 13.2 Å². The van der Waals surface area contributed by atoms with E-state index in [0.29, 0.717) is 0 Å². The third-order valence-corrected chi connectivity index (χ3v) is 3.33. The summed E-state index contributed by atoms with van der Waals surface area (Å²) in [5.74, 6) is 1.75. The number of fused-ring (bicyclic) bond motifs is 1. The maximum Gasteiger partial charge on any atom is 0.149 e. The van der Waals surface area contributed by atoms with E-state index in [1.54, 1.807) is 6.20 Å². The number of hydrogen-bond acceptors (Lipinski definition) is 4. The van der Waals surface area contributed by atoms with Gasteiger partial charge < -0.3 is 10.2 Å². The second kappa shape index (κ2) is 4.64. The molecule has 0 saturated heterocycles.